The van der Waals surface area contributed by atoms with Crippen LogP contribution in [0.1, 0.15) is 23.9 Å². The number of piperazine rings is 1. The summed E-state index contributed by atoms with van der Waals surface area (Å²) in [6.45, 7) is 8.88. The quantitative estimate of drug-likeness (QED) is 0.909. The first-order valence-electron chi connectivity index (χ1n) is 6.67. The summed E-state index contributed by atoms with van der Waals surface area (Å²) in [4.78, 5) is 26.9. The zero-order valence-electron chi connectivity index (χ0n) is 12.1. The molecule has 0 saturated carbocycles. The van der Waals surface area contributed by atoms with Crippen LogP contribution < -0.4 is 10.2 Å². The molecule has 0 spiro atoms. The van der Waals surface area contributed by atoms with Gasteiger partial charge in [0.1, 0.15) is 0 Å². The van der Waals surface area contributed by atoms with E-state index >= 15 is 0 Å². The molecule has 114 valence electrons. The molecule has 2 heterocycles. The third-order valence-corrected chi connectivity index (χ3v) is 4.74. The fourth-order valence-electron chi connectivity index (χ4n) is 2.41. The summed E-state index contributed by atoms with van der Waals surface area (Å²) in [6.07, 6.45) is 0.404. The molecule has 1 aromatic heterocycles. The molecule has 1 saturated heterocycles. The van der Waals surface area contributed by atoms with Gasteiger partial charge < -0.3 is 14.8 Å². The van der Waals surface area contributed by atoms with E-state index in [2.05, 4.69) is 12.2 Å². The molecule has 1 amide bonds. The average Bonchev–Trinajstić information content (AvgIpc) is 2.61. The smallest absolute Gasteiger partial charge is 0.307 e. The Morgan fingerprint density at radius 2 is 2.15 bits per heavy atom. The van der Waals surface area contributed by atoms with Crippen LogP contribution in [0.4, 0.5) is 0 Å². The van der Waals surface area contributed by atoms with Crippen LogP contribution in [-0.4, -0.2) is 41.1 Å². The largest absolute Gasteiger partial charge is 0.337 e. The predicted octanol–water partition coefficient (Wildman–Crippen LogP) is 1.16. The Morgan fingerprint density at radius 3 is 2.70 bits per heavy atom. The second kappa shape index (κ2) is 7.24. The van der Waals surface area contributed by atoms with E-state index in [1.807, 2.05) is 18.7 Å². The van der Waals surface area contributed by atoms with Crippen molar-refractivity contribution in [1.82, 2.24) is 14.8 Å². The highest BCUT2D eigenvalue weighted by Crippen LogP contribution is 2.11. The zero-order chi connectivity index (χ0) is 14.0. The van der Waals surface area contributed by atoms with Gasteiger partial charge in [0.25, 0.3) is 0 Å². The molecule has 20 heavy (non-hydrogen) atoms. The number of carbonyl (C=O) groups excluding carboxylic acids is 1. The van der Waals surface area contributed by atoms with Gasteiger partial charge in [-0.15, -0.1) is 12.4 Å². The fraction of sp³-hybridized carbons (Fsp3) is 0.692. The number of hydrogen-bond acceptors (Lipinski definition) is 4. The topological polar surface area (TPSA) is 54.3 Å². The van der Waals surface area contributed by atoms with Gasteiger partial charge in [-0.1, -0.05) is 11.3 Å². The van der Waals surface area contributed by atoms with E-state index in [1.54, 1.807) is 4.57 Å². The minimum atomic E-state index is 0. The van der Waals surface area contributed by atoms with Crippen LogP contribution >= 0.6 is 23.7 Å². The number of halogens is 1. The van der Waals surface area contributed by atoms with Crippen LogP contribution in [0.5, 0.6) is 0 Å². The van der Waals surface area contributed by atoms with Crippen LogP contribution in [0.25, 0.3) is 0 Å². The van der Waals surface area contributed by atoms with Crippen LogP contribution in [0, 0.1) is 13.8 Å². The number of nitrogens with zero attached hydrogens (tertiary/aromatic N) is 2. The first-order valence-corrected chi connectivity index (χ1v) is 7.49. The summed E-state index contributed by atoms with van der Waals surface area (Å²) in [6, 6.07) is 0.239. The van der Waals surface area contributed by atoms with Gasteiger partial charge in [-0.05, 0) is 20.8 Å². The third kappa shape index (κ3) is 3.62. The monoisotopic (exact) mass is 319 g/mol. The number of aromatic nitrogens is 1. The SMILES string of the molecule is Cc1sc(=O)n(CCC(=O)N2CCNCC2C)c1C.Cl. The fourth-order valence-corrected chi connectivity index (χ4v) is 3.27. The molecule has 2 rings (SSSR count). The van der Waals surface area contributed by atoms with Gasteiger partial charge in [0.05, 0.1) is 0 Å². The Kier molecular flexibility index (Phi) is 6.23. The molecule has 1 aliphatic rings. The number of nitrogens with one attached hydrogen (secondary N) is 1. The van der Waals surface area contributed by atoms with Crippen molar-refractivity contribution in [1.29, 1.82) is 0 Å². The Hall–Kier alpha value is -0.850. The standard InChI is InChI=1S/C13H21N3O2S.ClH/c1-9-8-14-5-7-15(9)12(17)4-6-16-10(2)11(3)19-13(16)18;/h9,14H,4-8H2,1-3H3;1H. The van der Waals surface area contributed by atoms with E-state index < -0.39 is 0 Å². The van der Waals surface area contributed by atoms with Crippen LogP contribution in [0.2, 0.25) is 0 Å². The van der Waals surface area contributed by atoms with Gasteiger partial charge >= 0.3 is 4.87 Å². The number of aryl methyl sites for hydroxylation is 1. The number of rotatable bonds is 3. The maximum absolute atomic E-state index is 12.2. The van der Waals surface area contributed by atoms with Crippen molar-refractivity contribution in [2.24, 2.45) is 0 Å². The second-order valence-corrected chi connectivity index (χ2v) is 6.22. The molecule has 5 nitrogen and oxygen atoms in total. The Bertz CT molecular complexity index is 526. The molecule has 1 unspecified atom stereocenters. The number of amides is 1. The van der Waals surface area contributed by atoms with Crippen molar-refractivity contribution in [3.63, 3.8) is 0 Å². The van der Waals surface area contributed by atoms with Crippen LogP contribution in [-0.2, 0) is 11.3 Å². The third-order valence-electron chi connectivity index (χ3n) is 3.75. The lowest BCUT2D eigenvalue weighted by Crippen LogP contribution is -2.52. The van der Waals surface area contributed by atoms with Crippen molar-refractivity contribution in [3.05, 3.63) is 20.2 Å². The molecule has 0 radical (unpaired) electrons. The van der Waals surface area contributed by atoms with E-state index in [1.165, 1.54) is 11.3 Å². The maximum Gasteiger partial charge on any atom is 0.307 e. The Morgan fingerprint density at radius 1 is 1.45 bits per heavy atom. The summed E-state index contributed by atoms with van der Waals surface area (Å²) in [7, 11) is 0. The second-order valence-electron chi connectivity index (χ2n) is 5.05. The lowest BCUT2D eigenvalue weighted by Gasteiger charge is -2.34. The highest BCUT2D eigenvalue weighted by atomic mass is 35.5. The van der Waals surface area contributed by atoms with Gasteiger partial charge in [0.15, 0.2) is 0 Å². The molecule has 0 bridgehead atoms. The zero-order valence-corrected chi connectivity index (χ0v) is 13.8. The Labute approximate surface area is 129 Å². The van der Waals surface area contributed by atoms with E-state index in [0.29, 0.717) is 13.0 Å². The molecule has 1 aromatic rings. The molecular weight excluding hydrogens is 298 g/mol. The van der Waals surface area contributed by atoms with Crippen molar-refractivity contribution in [2.75, 3.05) is 19.6 Å². The highest BCUT2D eigenvalue weighted by Gasteiger charge is 2.22. The van der Waals surface area contributed by atoms with Gasteiger partial charge in [-0.2, -0.15) is 0 Å². The lowest BCUT2D eigenvalue weighted by atomic mass is 10.2. The molecule has 0 aromatic carbocycles. The Balaban J connectivity index is 0.00000200. The summed E-state index contributed by atoms with van der Waals surface area (Å²) in [5.41, 5.74) is 0.983. The molecule has 0 aliphatic carbocycles. The number of carbonyl (C=O) groups is 1. The van der Waals surface area contributed by atoms with Crippen molar-refractivity contribution < 1.29 is 4.79 Å². The molecule has 1 N–H and O–H groups in total. The summed E-state index contributed by atoms with van der Waals surface area (Å²) in [5, 5.41) is 3.27. The summed E-state index contributed by atoms with van der Waals surface area (Å²) < 4.78 is 1.71. The first kappa shape index (κ1) is 17.2. The minimum Gasteiger partial charge on any atom is -0.337 e. The van der Waals surface area contributed by atoms with Crippen LogP contribution in [0.15, 0.2) is 4.79 Å². The molecule has 1 fully saturated rings. The van der Waals surface area contributed by atoms with Crippen molar-refractivity contribution in [3.8, 4) is 0 Å². The number of hydrogen-bond donors (Lipinski definition) is 1. The van der Waals surface area contributed by atoms with Crippen molar-refractivity contribution in [2.45, 2.75) is 39.8 Å². The summed E-state index contributed by atoms with van der Waals surface area (Å²) in [5.74, 6) is 0.143. The van der Waals surface area contributed by atoms with Crippen LogP contribution in [0.3, 0.4) is 0 Å². The predicted molar refractivity (Wildman–Crippen MR) is 84.0 cm³/mol. The van der Waals surface area contributed by atoms with Crippen molar-refractivity contribution >= 4 is 29.7 Å². The van der Waals surface area contributed by atoms with E-state index in [4.69, 9.17) is 0 Å². The average molecular weight is 320 g/mol. The van der Waals surface area contributed by atoms with Gasteiger partial charge in [0.2, 0.25) is 5.91 Å². The van der Waals surface area contributed by atoms with Gasteiger partial charge in [0, 0.05) is 49.2 Å². The minimum absolute atomic E-state index is 0. The normalized spacial score (nSPS) is 18.8. The molecule has 1 aliphatic heterocycles. The van der Waals surface area contributed by atoms with Gasteiger partial charge in [-0.25, -0.2) is 0 Å². The highest BCUT2D eigenvalue weighted by molar-refractivity contribution is 7.09. The first-order chi connectivity index (χ1) is 9.00. The number of thiazole rings is 1. The molecular formula is C13H22ClN3O2S. The summed E-state index contributed by atoms with van der Waals surface area (Å²) >= 11 is 1.26. The molecule has 1 atom stereocenters. The molecule has 7 heteroatoms. The van der Waals surface area contributed by atoms with E-state index in [0.717, 1.165) is 30.2 Å². The maximum atomic E-state index is 12.2. The van der Waals surface area contributed by atoms with E-state index in [9.17, 15) is 9.59 Å². The van der Waals surface area contributed by atoms with E-state index in [-0.39, 0.29) is 29.2 Å². The van der Waals surface area contributed by atoms with Gasteiger partial charge in [-0.3, -0.25) is 9.59 Å². The lowest BCUT2D eigenvalue weighted by molar-refractivity contribution is -0.134.